The number of ether oxygens (including phenoxy) is 1. The van der Waals surface area contributed by atoms with Crippen LogP contribution >= 0.6 is 0 Å². The van der Waals surface area contributed by atoms with E-state index in [0.29, 0.717) is 16.9 Å². The van der Waals surface area contributed by atoms with E-state index in [1.165, 1.54) is 24.3 Å². The molecule has 0 aromatic heterocycles. The maximum absolute atomic E-state index is 12.4. The first-order valence-corrected chi connectivity index (χ1v) is 8.43. The monoisotopic (exact) mass is 340 g/mol. The van der Waals surface area contributed by atoms with Crippen LogP contribution < -0.4 is 4.74 Å². The zero-order chi connectivity index (χ0) is 17.8. The Balaban J connectivity index is 1.94. The molecule has 2 aromatic rings. The van der Waals surface area contributed by atoms with Gasteiger partial charge in [0.25, 0.3) is 0 Å². The summed E-state index contributed by atoms with van der Waals surface area (Å²) in [6.45, 7) is 0. The van der Waals surface area contributed by atoms with E-state index in [9.17, 15) is 19.8 Å². The molecule has 1 saturated carbocycles. The average molecular weight is 340 g/mol. The molecule has 1 aliphatic carbocycles. The summed E-state index contributed by atoms with van der Waals surface area (Å²) in [6, 6.07) is 10.6. The molecule has 25 heavy (non-hydrogen) atoms. The SMILES string of the molecule is O=C(Oc1cccc(C(=O)O)c1C1CCCCC1)c1ccc(O)cc1. The lowest BCUT2D eigenvalue weighted by atomic mass is 9.81. The Labute approximate surface area is 145 Å². The van der Waals surface area contributed by atoms with Crippen LogP contribution in [0.15, 0.2) is 42.5 Å². The molecule has 0 saturated heterocycles. The number of carbonyl (C=O) groups is 2. The van der Waals surface area contributed by atoms with Gasteiger partial charge < -0.3 is 14.9 Å². The third-order valence-electron chi connectivity index (χ3n) is 4.62. The van der Waals surface area contributed by atoms with E-state index in [1.54, 1.807) is 18.2 Å². The van der Waals surface area contributed by atoms with Gasteiger partial charge in [0.05, 0.1) is 11.1 Å². The molecule has 1 aliphatic rings. The van der Waals surface area contributed by atoms with E-state index < -0.39 is 11.9 Å². The molecule has 0 spiro atoms. The molecule has 0 heterocycles. The molecule has 2 aromatic carbocycles. The van der Waals surface area contributed by atoms with Crippen molar-refractivity contribution in [2.45, 2.75) is 38.0 Å². The van der Waals surface area contributed by atoms with E-state index in [-0.39, 0.29) is 17.2 Å². The predicted octanol–water partition coefficient (Wildman–Crippen LogP) is 4.36. The lowest BCUT2D eigenvalue weighted by Crippen LogP contribution is -2.15. The first-order valence-electron chi connectivity index (χ1n) is 8.43. The van der Waals surface area contributed by atoms with E-state index in [1.807, 2.05) is 0 Å². The van der Waals surface area contributed by atoms with Crippen LogP contribution in [0.1, 0.15) is 64.3 Å². The highest BCUT2D eigenvalue weighted by atomic mass is 16.5. The molecule has 1 fully saturated rings. The standard InChI is InChI=1S/C20H20O5/c21-15-11-9-14(10-12-15)20(24)25-17-8-4-7-16(19(22)23)18(17)13-5-2-1-3-6-13/h4,7-13,21H,1-3,5-6H2,(H,22,23). The Morgan fingerprint density at radius 2 is 1.64 bits per heavy atom. The third-order valence-corrected chi connectivity index (χ3v) is 4.62. The van der Waals surface area contributed by atoms with Crippen LogP contribution in [0.2, 0.25) is 0 Å². The van der Waals surface area contributed by atoms with Gasteiger partial charge in [-0.15, -0.1) is 0 Å². The molecule has 5 nitrogen and oxygen atoms in total. The van der Waals surface area contributed by atoms with Crippen molar-refractivity contribution in [2.24, 2.45) is 0 Å². The second-order valence-corrected chi connectivity index (χ2v) is 6.29. The lowest BCUT2D eigenvalue weighted by Gasteiger charge is -2.25. The highest BCUT2D eigenvalue weighted by molar-refractivity contribution is 5.93. The number of aromatic hydroxyl groups is 1. The fourth-order valence-electron chi connectivity index (χ4n) is 3.39. The molecule has 0 unspecified atom stereocenters. The van der Waals surface area contributed by atoms with Crippen molar-refractivity contribution in [1.82, 2.24) is 0 Å². The number of esters is 1. The topological polar surface area (TPSA) is 83.8 Å². The molecule has 0 atom stereocenters. The summed E-state index contributed by atoms with van der Waals surface area (Å²) < 4.78 is 5.53. The lowest BCUT2D eigenvalue weighted by molar-refractivity contribution is 0.0683. The first kappa shape index (κ1) is 17.0. The number of benzene rings is 2. The molecule has 0 bridgehead atoms. The maximum Gasteiger partial charge on any atom is 0.343 e. The maximum atomic E-state index is 12.4. The summed E-state index contributed by atoms with van der Waals surface area (Å²) in [5.41, 5.74) is 1.11. The van der Waals surface area contributed by atoms with Gasteiger partial charge >= 0.3 is 11.9 Å². The van der Waals surface area contributed by atoms with E-state index >= 15 is 0 Å². The minimum atomic E-state index is -1.01. The quantitative estimate of drug-likeness (QED) is 0.638. The van der Waals surface area contributed by atoms with Gasteiger partial charge in [-0.2, -0.15) is 0 Å². The molecule has 130 valence electrons. The van der Waals surface area contributed by atoms with Gasteiger partial charge in [-0.1, -0.05) is 25.3 Å². The first-order chi connectivity index (χ1) is 12.1. The highest BCUT2D eigenvalue weighted by Crippen LogP contribution is 2.39. The largest absolute Gasteiger partial charge is 0.508 e. The summed E-state index contributed by atoms with van der Waals surface area (Å²) >= 11 is 0. The molecule has 5 heteroatoms. The predicted molar refractivity (Wildman–Crippen MR) is 92.3 cm³/mol. The summed E-state index contributed by atoms with van der Waals surface area (Å²) in [4.78, 5) is 24.0. The van der Waals surface area contributed by atoms with Gasteiger partial charge in [-0.3, -0.25) is 0 Å². The summed E-state index contributed by atoms with van der Waals surface area (Å²) in [5.74, 6) is -1.12. The van der Waals surface area contributed by atoms with Crippen LogP contribution in [0.5, 0.6) is 11.5 Å². The van der Waals surface area contributed by atoms with Crippen LogP contribution in [0.25, 0.3) is 0 Å². The molecular formula is C20H20O5. The van der Waals surface area contributed by atoms with Crippen molar-refractivity contribution in [1.29, 1.82) is 0 Å². The van der Waals surface area contributed by atoms with E-state index in [2.05, 4.69) is 0 Å². The average Bonchev–Trinajstić information content (AvgIpc) is 2.62. The smallest absolute Gasteiger partial charge is 0.343 e. The number of carboxylic acids is 1. The fraction of sp³-hybridized carbons (Fsp3) is 0.300. The van der Waals surface area contributed by atoms with Crippen LogP contribution in [-0.2, 0) is 0 Å². The number of phenolic OH excluding ortho intramolecular Hbond substituents is 1. The summed E-state index contributed by atoms with van der Waals surface area (Å²) in [6.07, 6.45) is 5.03. The summed E-state index contributed by atoms with van der Waals surface area (Å²) in [7, 11) is 0. The van der Waals surface area contributed by atoms with Crippen LogP contribution in [0.3, 0.4) is 0 Å². The molecule has 3 rings (SSSR count). The van der Waals surface area contributed by atoms with Crippen molar-refractivity contribution in [3.63, 3.8) is 0 Å². The number of rotatable bonds is 4. The Morgan fingerprint density at radius 3 is 2.28 bits per heavy atom. The van der Waals surface area contributed by atoms with Gasteiger partial charge in [0.15, 0.2) is 0 Å². The van der Waals surface area contributed by atoms with Crippen molar-refractivity contribution in [3.8, 4) is 11.5 Å². The fourth-order valence-corrected chi connectivity index (χ4v) is 3.39. The van der Waals surface area contributed by atoms with E-state index in [0.717, 1.165) is 32.1 Å². The van der Waals surface area contributed by atoms with Crippen molar-refractivity contribution < 1.29 is 24.5 Å². The van der Waals surface area contributed by atoms with Crippen molar-refractivity contribution in [3.05, 3.63) is 59.2 Å². The number of phenols is 1. The Hall–Kier alpha value is -2.82. The molecule has 0 aliphatic heterocycles. The van der Waals surface area contributed by atoms with Crippen LogP contribution in [0, 0.1) is 0 Å². The van der Waals surface area contributed by atoms with Gasteiger partial charge in [0, 0.05) is 5.56 Å². The zero-order valence-corrected chi connectivity index (χ0v) is 13.8. The molecular weight excluding hydrogens is 320 g/mol. The number of carboxylic acid groups (broad SMARTS) is 1. The van der Waals surface area contributed by atoms with E-state index in [4.69, 9.17) is 4.74 Å². The number of aromatic carboxylic acids is 1. The Morgan fingerprint density at radius 1 is 0.960 bits per heavy atom. The molecule has 0 amide bonds. The van der Waals surface area contributed by atoms with Gasteiger partial charge in [-0.25, -0.2) is 9.59 Å². The zero-order valence-electron chi connectivity index (χ0n) is 13.8. The van der Waals surface area contributed by atoms with Gasteiger partial charge in [0.1, 0.15) is 11.5 Å². The third kappa shape index (κ3) is 3.82. The Kier molecular flexibility index (Phi) is 5.03. The van der Waals surface area contributed by atoms with Gasteiger partial charge in [0.2, 0.25) is 0 Å². The number of hydrogen-bond acceptors (Lipinski definition) is 4. The minimum Gasteiger partial charge on any atom is -0.508 e. The van der Waals surface area contributed by atoms with Gasteiger partial charge in [-0.05, 0) is 55.2 Å². The number of carbonyl (C=O) groups excluding carboxylic acids is 1. The number of hydrogen-bond donors (Lipinski definition) is 2. The normalized spacial score (nSPS) is 14.9. The second-order valence-electron chi connectivity index (χ2n) is 6.29. The van der Waals surface area contributed by atoms with Crippen LogP contribution in [-0.4, -0.2) is 22.2 Å². The van der Waals surface area contributed by atoms with Crippen molar-refractivity contribution >= 4 is 11.9 Å². The minimum absolute atomic E-state index is 0.0623. The molecule has 0 radical (unpaired) electrons. The highest BCUT2D eigenvalue weighted by Gasteiger charge is 2.26. The van der Waals surface area contributed by atoms with Crippen molar-refractivity contribution in [2.75, 3.05) is 0 Å². The molecule has 2 N–H and O–H groups in total. The van der Waals surface area contributed by atoms with Crippen LogP contribution in [0.4, 0.5) is 0 Å². The Bertz CT molecular complexity index is 773. The second kappa shape index (κ2) is 7.38. The summed E-state index contributed by atoms with van der Waals surface area (Å²) in [5, 5.41) is 18.9.